The smallest absolute Gasteiger partial charge is 0.355 e. The molecule has 0 amide bonds. The van der Waals surface area contributed by atoms with Crippen LogP contribution in [0.4, 0.5) is 8.78 Å². The zero-order valence-electron chi connectivity index (χ0n) is 12.2. The molecule has 0 radical (unpaired) electrons. The van der Waals surface area contributed by atoms with Gasteiger partial charge in [0.25, 0.3) is 0 Å². The average molecular weight is 352 g/mol. The molecule has 0 aliphatic rings. The van der Waals surface area contributed by atoms with E-state index in [1.165, 1.54) is 31.4 Å². The zero-order valence-corrected chi connectivity index (χ0v) is 13.1. The van der Waals surface area contributed by atoms with Gasteiger partial charge >= 0.3 is 5.63 Å². The van der Waals surface area contributed by atoms with Crippen LogP contribution in [0.5, 0.6) is 5.75 Å². The van der Waals surface area contributed by atoms with Gasteiger partial charge < -0.3 is 9.15 Å². The Morgan fingerprint density at radius 2 is 1.71 bits per heavy atom. The first kappa shape index (κ1) is 16.1. The van der Waals surface area contributed by atoms with E-state index in [9.17, 15) is 22.0 Å². The van der Waals surface area contributed by atoms with Crippen molar-refractivity contribution in [2.75, 3.05) is 7.11 Å². The minimum Gasteiger partial charge on any atom is -0.497 e. The Kier molecular flexibility index (Phi) is 3.84. The number of ether oxygens (including phenoxy) is 1. The Hall–Kier alpha value is -2.74. The lowest BCUT2D eigenvalue weighted by Crippen LogP contribution is -2.14. The molecule has 3 rings (SSSR count). The number of fused-ring (bicyclic) bond motifs is 1. The number of hydrogen-bond donors (Lipinski definition) is 0. The van der Waals surface area contributed by atoms with Crippen LogP contribution in [0, 0.1) is 11.6 Å². The molecule has 0 saturated heterocycles. The Bertz CT molecular complexity index is 1090. The van der Waals surface area contributed by atoms with Gasteiger partial charge in [-0.15, -0.1) is 0 Å². The van der Waals surface area contributed by atoms with Gasteiger partial charge in [0.05, 0.1) is 12.0 Å². The van der Waals surface area contributed by atoms with Crippen LogP contribution in [-0.2, 0) is 9.84 Å². The molecule has 24 heavy (non-hydrogen) atoms. The first-order chi connectivity index (χ1) is 11.3. The number of sulfone groups is 1. The summed E-state index contributed by atoms with van der Waals surface area (Å²) in [6.07, 6.45) is 0. The van der Waals surface area contributed by atoms with Gasteiger partial charge in [-0.2, -0.15) is 0 Å². The molecule has 0 aliphatic carbocycles. The first-order valence-electron chi connectivity index (χ1n) is 6.65. The highest BCUT2D eigenvalue weighted by Gasteiger charge is 2.24. The number of methoxy groups -OCH3 is 1. The lowest BCUT2D eigenvalue weighted by Gasteiger charge is -2.06. The average Bonchev–Trinajstić information content (AvgIpc) is 2.55. The second-order valence-corrected chi connectivity index (χ2v) is 6.80. The van der Waals surface area contributed by atoms with E-state index in [0.29, 0.717) is 11.8 Å². The third-order valence-corrected chi connectivity index (χ3v) is 5.14. The number of halogens is 2. The molecular formula is C16H10F2O5S. The third kappa shape index (κ3) is 2.65. The van der Waals surface area contributed by atoms with Crippen molar-refractivity contribution in [2.24, 2.45) is 0 Å². The maximum absolute atomic E-state index is 13.6. The Balaban J connectivity index is 2.23. The second-order valence-electron chi connectivity index (χ2n) is 4.88. The van der Waals surface area contributed by atoms with Crippen molar-refractivity contribution in [3.8, 4) is 5.75 Å². The molecule has 0 bridgehead atoms. The summed E-state index contributed by atoms with van der Waals surface area (Å²) in [4.78, 5) is 11.1. The normalized spacial score (nSPS) is 11.6. The summed E-state index contributed by atoms with van der Waals surface area (Å²) in [5.41, 5.74) is -1.74. The van der Waals surface area contributed by atoms with Crippen LogP contribution in [0.1, 0.15) is 0 Å². The Morgan fingerprint density at radius 3 is 2.33 bits per heavy atom. The molecule has 0 aliphatic heterocycles. The topological polar surface area (TPSA) is 73.6 Å². The van der Waals surface area contributed by atoms with Gasteiger partial charge in [-0.05, 0) is 36.4 Å². The molecular weight excluding hydrogens is 342 g/mol. The fourth-order valence-corrected chi connectivity index (χ4v) is 3.50. The second kappa shape index (κ2) is 5.72. The van der Waals surface area contributed by atoms with E-state index in [4.69, 9.17) is 9.15 Å². The highest BCUT2D eigenvalue weighted by Crippen LogP contribution is 2.25. The van der Waals surface area contributed by atoms with E-state index < -0.39 is 37.6 Å². The van der Waals surface area contributed by atoms with Crippen LogP contribution in [0.3, 0.4) is 0 Å². The maximum Gasteiger partial charge on any atom is 0.355 e. The SMILES string of the molecule is COc1ccc(S(=O)(=O)c2cc3cc(F)cc(F)c3oc2=O)cc1. The van der Waals surface area contributed by atoms with Crippen LogP contribution in [0.25, 0.3) is 11.0 Å². The molecule has 0 atom stereocenters. The number of hydrogen-bond acceptors (Lipinski definition) is 5. The molecule has 0 unspecified atom stereocenters. The molecule has 8 heteroatoms. The summed E-state index contributed by atoms with van der Waals surface area (Å²) >= 11 is 0. The quantitative estimate of drug-likeness (QED) is 0.678. The van der Waals surface area contributed by atoms with E-state index >= 15 is 0 Å². The molecule has 0 spiro atoms. The van der Waals surface area contributed by atoms with E-state index in [1.54, 1.807) is 0 Å². The predicted molar refractivity (Wildman–Crippen MR) is 80.8 cm³/mol. The summed E-state index contributed by atoms with van der Waals surface area (Å²) in [6.45, 7) is 0. The number of benzene rings is 2. The van der Waals surface area contributed by atoms with Gasteiger partial charge in [0, 0.05) is 11.5 Å². The first-order valence-corrected chi connectivity index (χ1v) is 8.13. The van der Waals surface area contributed by atoms with Gasteiger partial charge in [0.1, 0.15) is 11.6 Å². The van der Waals surface area contributed by atoms with Gasteiger partial charge in [0.15, 0.2) is 16.3 Å². The van der Waals surface area contributed by atoms with Crippen molar-refractivity contribution in [2.45, 2.75) is 9.79 Å². The van der Waals surface area contributed by atoms with E-state index in [2.05, 4.69) is 0 Å². The molecule has 5 nitrogen and oxygen atoms in total. The fraction of sp³-hybridized carbons (Fsp3) is 0.0625. The summed E-state index contributed by atoms with van der Waals surface area (Å²) in [5, 5.41) is -0.167. The van der Waals surface area contributed by atoms with Gasteiger partial charge in [0.2, 0.25) is 9.84 Å². The van der Waals surface area contributed by atoms with E-state index in [1.807, 2.05) is 0 Å². The Morgan fingerprint density at radius 1 is 1.04 bits per heavy atom. The maximum atomic E-state index is 13.6. The minimum atomic E-state index is -4.22. The van der Waals surface area contributed by atoms with Gasteiger partial charge in [-0.3, -0.25) is 0 Å². The van der Waals surface area contributed by atoms with E-state index in [-0.39, 0.29) is 10.3 Å². The van der Waals surface area contributed by atoms with Crippen molar-refractivity contribution in [3.63, 3.8) is 0 Å². The molecule has 3 aromatic rings. The predicted octanol–water partition coefficient (Wildman–Crippen LogP) is 2.91. The monoisotopic (exact) mass is 352 g/mol. The largest absolute Gasteiger partial charge is 0.497 e. The Labute approximate surface area is 135 Å². The summed E-state index contributed by atoms with van der Waals surface area (Å²) in [7, 11) is -2.80. The van der Waals surface area contributed by atoms with Crippen LogP contribution in [0.15, 0.2) is 61.5 Å². The fourth-order valence-electron chi connectivity index (χ4n) is 2.21. The molecule has 2 aromatic carbocycles. The zero-order chi connectivity index (χ0) is 17.5. The summed E-state index contributed by atoms with van der Waals surface area (Å²) in [6, 6.07) is 7.65. The molecule has 1 heterocycles. The summed E-state index contributed by atoms with van der Waals surface area (Å²) < 4.78 is 61.8. The molecule has 124 valence electrons. The van der Waals surface area contributed by atoms with Crippen LogP contribution >= 0.6 is 0 Å². The van der Waals surface area contributed by atoms with Crippen LogP contribution in [-0.4, -0.2) is 15.5 Å². The number of rotatable bonds is 3. The van der Waals surface area contributed by atoms with Crippen molar-refractivity contribution in [1.29, 1.82) is 0 Å². The van der Waals surface area contributed by atoms with Crippen molar-refractivity contribution >= 4 is 20.8 Å². The third-order valence-electron chi connectivity index (χ3n) is 3.38. The van der Waals surface area contributed by atoms with Gasteiger partial charge in [-0.1, -0.05) is 0 Å². The van der Waals surface area contributed by atoms with Crippen molar-refractivity contribution in [3.05, 3.63) is 64.5 Å². The highest BCUT2D eigenvalue weighted by molar-refractivity contribution is 7.91. The van der Waals surface area contributed by atoms with Crippen LogP contribution < -0.4 is 10.4 Å². The lowest BCUT2D eigenvalue weighted by atomic mass is 10.2. The van der Waals surface area contributed by atoms with E-state index in [0.717, 1.165) is 12.1 Å². The van der Waals surface area contributed by atoms with Crippen LogP contribution in [0.2, 0.25) is 0 Å². The lowest BCUT2D eigenvalue weighted by molar-refractivity contribution is 0.414. The van der Waals surface area contributed by atoms with Crippen molar-refractivity contribution in [1.82, 2.24) is 0 Å². The van der Waals surface area contributed by atoms with Crippen molar-refractivity contribution < 1.29 is 26.4 Å². The molecule has 1 aromatic heterocycles. The summed E-state index contributed by atoms with van der Waals surface area (Å²) in [5.74, 6) is -1.57. The molecule has 0 fully saturated rings. The minimum absolute atomic E-state index is 0.167. The standard InChI is InChI=1S/C16H10F2O5S/c1-22-11-2-4-12(5-3-11)24(20,21)14-7-9-6-10(17)8-13(18)15(9)23-16(14)19/h2-8H,1H3. The molecule has 0 saturated carbocycles. The van der Waals surface area contributed by atoms with Gasteiger partial charge in [-0.25, -0.2) is 22.0 Å². The molecule has 0 N–H and O–H groups in total. The highest BCUT2D eigenvalue weighted by atomic mass is 32.2.